The van der Waals surface area contributed by atoms with Crippen molar-refractivity contribution >= 4 is 34.8 Å². The number of ether oxygens (including phenoxy) is 1. The van der Waals surface area contributed by atoms with E-state index in [0.29, 0.717) is 34.8 Å². The number of nitrogens with zero attached hydrogens (tertiary/aromatic N) is 3. The molecular weight excluding hydrogens is 394 g/mol. The van der Waals surface area contributed by atoms with Crippen molar-refractivity contribution in [2.45, 2.75) is 6.92 Å². The van der Waals surface area contributed by atoms with E-state index in [1.165, 1.54) is 6.07 Å². The molecule has 0 spiro atoms. The van der Waals surface area contributed by atoms with Crippen molar-refractivity contribution in [1.29, 1.82) is 0 Å². The number of nitro groups is 1. The van der Waals surface area contributed by atoms with Gasteiger partial charge in [-0.2, -0.15) is 0 Å². The number of oxazole rings is 1. The fraction of sp³-hybridized carbons (Fsp3) is 0.0833. The molecule has 0 unspecified atom stereocenters. The lowest BCUT2D eigenvalue weighted by molar-refractivity contribution is -0.385. The van der Waals surface area contributed by atoms with E-state index < -0.39 is 4.92 Å². The number of hydrogen-bond donors (Lipinski definition) is 0. The van der Waals surface area contributed by atoms with E-state index in [1.54, 1.807) is 36.6 Å². The Labute approximate surface area is 178 Å². The molecule has 0 radical (unpaired) electrons. The number of rotatable bonds is 7. The summed E-state index contributed by atoms with van der Waals surface area (Å²) in [6.45, 7) is 2.55. The van der Waals surface area contributed by atoms with Crippen LogP contribution in [0.15, 0.2) is 82.2 Å². The normalized spacial score (nSPS) is 11.5. The van der Waals surface area contributed by atoms with Crippen LogP contribution in [0.2, 0.25) is 0 Å². The quantitative estimate of drug-likeness (QED) is 0.204. The lowest BCUT2D eigenvalue weighted by Gasteiger charge is -2.02. The van der Waals surface area contributed by atoms with Crippen molar-refractivity contribution in [2.75, 3.05) is 6.61 Å². The van der Waals surface area contributed by atoms with E-state index in [2.05, 4.69) is 9.98 Å². The fourth-order valence-corrected chi connectivity index (χ4v) is 3.05. The predicted molar refractivity (Wildman–Crippen MR) is 121 cm³/mol. The Bertz CT molecular complexity index is 1270. The predicted octanol–water partition coefficient (Wildman–Crippen LogP) is 6.22. The molecule has 7 nitrogen and oxygen atoms in total. The molecule has 4 rings (SSSR count). The van der Waals surface area contributed by atoms with Crippen molar-refractivity contribution < 1.29 is 14.1 Å². The second kappa shape index (κ2) is 9.04. The first kappa shape index (κ1) is 20.0. The number of aliphatic imine (C=N–C) groups is 1. The Morgan fingerprint density at radius 3 is 2.71 bits per heavy atom. The van der Waals surface area contributed by atoms with Crippen LogP contribution in [0.5, 0.6) is 5.75 Å². The van der Waals surface area contributed by atoms with Crippen molar-refractivity contribution in [3.05, 3.63) is 88.5 Å². The molecule has 0 fully saturated rings. The van der Waals surface area contributed by atoms with Crippen LogP contribution in [0.3, 0.4) is 0 Å². The molecule has 0 bridgehead atoms. The van der Waals surface area contributed by atoms with E-state index in [1.807, 2.05) is 49.4 Å². The van der Waals surface area contributed by atoms with Gasteiger partial charge in [0.25, 0.3) is 5.69 Å². The Balaban J connectivity index is 1.51. The molecule has 0 atom stereocenters. The summed E-state index contributed by atoms with van der Waals surface area (Å²) in [5.41, 5.74) is 3.49. The summed E-state index contributed by atoms with van der Waals surface area (Å²) in [5.74, 6) is 1.32. The second-order valence-corrected chi connectivity index (χ2v) is 6.58. The Hall–Kier alpha value is -4.26. The van der Waals surface area contributed by atoms with Gasteiger partial charge in [0.2, 0.25) is 5.89 Å². The Morgan fingerprint density at radius 2 is 1.94 bits per heavy atom. The van der Waals surface area contributed by atoms with Gasteiger partial charge in [-0.15, -0.1) is 0 Å². The highest BCUT2D eigenvalue weighted by atomic mass is 16.6. The maximum absolute atomic E-state index is 11.1. The van der Waals surface area contributed by atoms with Crippen LogP contribution >= 0.6 is 0 Å². The van der Waals surface area contributed by atoms with Crippen LogP contribution in [-0.4, -0.2) is 22.7 Å². The maximum atomic E-state index is 11.1. The van der Waals surface area contributed by atoms with Gasteiger partial charge in [0.15, 0.2) is 5.58 Å². The SMILES string of the molecule is CCOc1ccc(-c2nc3cc(N=C/C=C/c4ccccc4[N+](=O)[O-])ccc3o2)cc1. The third kappa shape index (κ3) is 4.67. The first-order chi connectivity index (χ1) is 15.1. The van der Waals surface area contributed by atoms with Gasteiger partial charge in [-0.25, -0.2) is 4.98 Å². The van der Waals surface area contributed by atoms with Gasteiger partial charge in [-0.05, 0) is 67.6 Å². The van der Waals surface area contributed by atoms with Gasteiger partial charge >= 0.3 is 0 Å². The minimum Gasteiger partial charge on any atom is -0.494 e. The summed E-state index contributed by atoms with van der Waals surface area (Å²) < 4.78 is 11.3. The average molecular weight is 413 g/mol. The van der Waals surface area contributed by atoms with E-state index in [-0.39, 0.29) is 5.69 Å². The molecule has 7 heteroatoms. The Kier molecular flexibility index (Phi) is 5.84. The zero-order valence-electron chi connectivity index (χ0n) is 16.8. The summed E-state index contributed by atoms with van der Waals surface area (Å²) in [6, 6.07) is 19.6. The molecule has 0 saturated carbocycles. The van der Waals surface area contributed by atoms with Crippen LogP contribution in [0.1, 0.15) is 12.5 Å². The summed E-state index contributed by atoms with van der Waals surface area (Å²) in [6.07, 6.45) is 4.91. The van der Waals surface area contributed by atoms with Crippen LogP contribution < -0.4 is 4.74 Å². The molecular formula is C24H19N3O4. The van der Waals surface area contributed by atoms with Gasteiger partial charge in [-0.3, -0.25) is 15.1 Å². The number of fused-ring (bicyclic) bond motifs is 1. The largest absolute Gasteiger partial charge is 0.494 e. The molecule has 4 aromatic rings. The highest BCUT2D eigenvalue weighted by Crippen LogP contribution is 2.28. The molecule has 31 heavy (non-hydrogen) atoms. The molecule has 1 heterocycles. The summed E-state index contributed by atoms with van der Waals surface area (Å²) in [5, 5.41) is 11.1. The highest BCUT2D eigenvalue weighted by molar-refractivity contribution is 5.84. The van der Waals surface area contributed by atoms with Gasteiger partial charge in [0.1, 0.15) is 11.3 Å². The number of aromatic nitrogens is 1. The summed E-state index contributed by atoms with van der Waals surface area (Å²) in [4.78, 5) is 19.6. The van der Waals surface area contributed by atoms with Crippen LogP contribution in [0.4, 0.5) is 11.4 Å². The smallest absolute Gasteiger partial charge is 0.276 e. The van der Waals surface area contributed by atoms with Crippen molar-refractivity contribution in [3.63, 3.8) is 0 Å². The topological polar surface area (TPSA) is 90.8 Å². The zero-order chi connectivity index (χ0) is 21.6. The van der Waals surface area contributed by atoms with Crippen molar-refractivity contribution in [2.24, 2.45) is 4.99 Å². The molecule has 0 aliphatic carbocycles. The van der Waals surface area contributed by atoms with E-state index >= 15 is 0 Å². The number of hydrogen-bond acceptors (Lipinski definition) is 6. The third-order valence-electron chi connectivity index (χ3n) is 4.50. The number of allylic oxidation sites excluding steroid dienone is 1. The maximum Gasteiger partial charge on any atom is 0.276 e. The molecule has 1 aromatic heterocycles. The van der Waals surface area contributed by atoms with Gasteiger partial charge in [0.05, 0.1) is 22.8 Å². The first-order valence-corrected chi connectivity index (χ1v) is 9.72. The molecule has 0 N–H and O–H groups in total. The average Bonchev–Trinajstić information content (AvgIpc) is 3.21. The summed E-state index contributed by atoms with van der Waals surface area (Å²) in [7, 11) is 0. The molecule has 0 aliphatic heterocycles. The first-order valence-electron chi connectivity index (χ1n) is 9.72. The van der Waals surface area contributed by atoms with Crippen LogP contribution in [0.25, 0.3) is 28.6 Å². The minimum atomic E-state index is -0.405. The fourth-order valence-electron chi connectivity index (χ4n) is 3.05. The highest BCUT2D eigenvalue weighted by Gasteiger charge is 2.10. The number of para-hydroxylation sites is 1. The van der Waals surface area contributed by atoms with Crippen LogP contribution in [-0.2, 0) is 0 Å². The van der Waals surface area contributed by atoms with Crippen molar-refractivity contribution in [1.82, 2.24) is 4.98 Å². The van der Waals surface area contributed by atoms with Crippen molar-refractivity contribution in [3.8, 4) is 17.2 Å². The van der Waals surface area contributed by atoms with Crippen LogP contribution in [0, 0.1) is 10.1 Å². The summed E-state index contributed by atoms with van der Waals surface area (Å²) >= 11 is 0. The second-order valence-electron chi connectivity index (χ2n) is 6.58. The van der Waals surface area contributed by atoms with E-state index in [9.17, 15) is 10.1 Å². The minimum absolute atomic E-state index is 0.0537. The molecule has 3 aromatic carbocycles. The van der Waals surface area contributed by atoms with E-state index in [4.69, 9.17) is 9.15 Å². The number of benzene rings is 3. The lowest BCUT2D eigenvalue weighted by Crippen LogP contribution is -1.90. The molecule has 0 aliphatic rings. The van der Waals surface area contributed by atoms with E-state index in [0.717, 1.165) is 11.3 Å². The van der Waals surface area contributed by atoms with Gasteiger partial charge in [-0.1, -0.05) is 12.1 Å². The molecule has 0 amide bonds. The monoisotopic (exact) mass is 413 g/mol. The Morgan fingerprint density at radius 1 is 1.13 bits per heavy atom. The number of nitro benzene ring substituents is 1. The third-order valence-corrected chi connectivity index (χ3v) is 4.50. The molecule has 0 saturated heterocycles. The zero-order valence-corrected chi connectivity index (χ0v) is 16.8. The molecule has 154 valence electrons. The van der Waals surface area contributed by atoms with Gasteiger partial charge in [0, 0.05) is 17.8 Å². The van der Waals surface area contributed by atoms with Gasteiger partial charge < -0.3 is 9.15 Å². The lowest BCUT2D eigenvalue weighted by atomic mass is 10.1. The standard InChI is InChI=1S/C24H19N3O4/c1-2-30-20-12-9-18(10-13-20)24-26-21-16-19(11-14-23(21)31-24)25-15-5-7-17-6-3-4-8-22(17)27(28)29/h3-16H,2H2,1H3/b7-5+,25-15?.